The molecule has 2 N–H and O–H groups in total. The number of hydrogen-bond acceptors (Lipinski definition) is 5. The minimum Gasteiger partial charge on any atom is -0.337 e. The van der Waals surface area contributed by atoms with Gasteiger partial charge in [-0.1, -0.05) is 6.07 Å². The first-order valence-corrected chi connectivity index (χ1v) is 8.94. The molecule has 5 nitrogen and oxygen atoms in total. The number of carbonyl (C=O) groups is 1. The largest absolute Gasteiger partial charge is 0.337 e. The molecule has 2 rings (SSSR count). The molecule has 1 amide bonds. The number of carbonyl (C=O) groups excluding carboxylic acids is 1. The van der Waals surface area contributed by atoms with Gasteiger partial charge in [0.1, 0.15) is 6.04 Å². The molecule has 0 radical (unpaired) electrons. The molecular formula is C12H18N2O3S2. The third kappa shape index (κ3) is 3.16. The summed E-state index contributed by atoms with van der Waals surface area (Å²) in [4.78, 5) is 14.8. The molecular weight excluding hydrogens is 284 g/mol. The average Bonchev–Trinajstić information content (AvgIpc) is 2.98. The minimum atomic E-state index is -3.00. The summed E-state index contributed by atoms with van der Waals surface area (Å²) in [5.41, 5.74) is 5.96. The maximum absolute atomic E-state index is 12.4. The van der Waals surface area contributed by atoms with Crippen LogP contribution >= 0.6 is 11.3 Å². The van der Waals surface area contributed by atoms with Gasteiger partial charge in [-0.05, 0) is 24.8 Å². The molecule has 1 saturated heterocycles. The van der Waals surface area contributed by atoms with Gasteiger partial charge in [0, 0.05) is 17.5 Å². The van der Waals surface area contributed by atoms with Crippen LogP contribution in [0.3, 0.4) is 0 Å². The number of hydrogen-bond donors (Lipinski definition) is 1. The SMILES string of the molecule is CCN(C(=O)C(N)c1cccs1)C1CCS(=O)(=O)C1. The van der Waals surface area contributed by atoms with Gasteiger partial charge in [-0.2, -0.15) is 0 Å². The van der Waals surface area contributed by atoms with Gasteiger partial charge in [-0.15, -0.1) is 11.3 Å². The normalized spacial score (nSPS) is 23.2. The Bertz CT molecular complexity index is 539. The van der Waals surface area contributed by atoms with Gasteiger partial charge < -0.3 is 10.6 Å². The molecule has 1 aromatic rings. The maximum atomic E-state index is 12.4. The minimum absolute atomic E-state index is 0.0593. The van der Waals surface area contributed by atoms with E-state index in [1.54, 1.807) is 4.90 Å². The molecule has 2 unspecified atom stereocenters. The van der Waals surface area contributed by atoms with Crippen LogP contribution in [0.2, 0.25) is 0 Å². The second-order valence-corrected chi connectivity index (χ2v) is 7.88. The molecule has 0 bridgehead atoms. The van der Waals surface area contributed by atoms with Crippen molar-refractivity contribution in [1.29, 1.82) is 0 Å². The predicted octanol–water partition coefficient (Wildman–Crippen LogP) is 0.784. The van der Waals surface area contributed by atoms with E-state index in [1.807, 2.05) is 24.4 Å². The first-order chi connectivity index (χ1) is 8.94. The van der Waals surface area contributed by atoms with Crippen LogP contribution in [0.4, 0.5) is 0 Å². The molecule has 0 spiro atoms. The predicted molar refractivity (Wildman–Crippen MR) is 75.7 cm³/mol. The highest BCUT2D eigenvalue weighted by Crippen LogP contribution is 2.23. The number of rotatable bonds is 4. The van der Waals surface area contributed by atoms with Crippen molar-refractivity contribution in [1.82, 2.24) is 4.90 Å². The molecule has 1 aliphatic rings. The summed E-state index contributed by atoms with van der Waals surface area (Å²) in [6.07, 6.45) is 0.513. The first-order valence-electron chi connectivity index (χ1n) is 6.24. The van der Waals surface area contributed by atoms with Gasteiger partial charge in [0.15, 0.2) is 9.84 Å². The summed E-state index contributed by atoms with van der Waals surface area (Å²) < 4.78 is 23.0. The van der Waals surface area contributed by atoms with E-state index in [-0.39, 0.29) is 23.5 Å². The molecule has 7 heteroatoms. The van der Waals surface area contributed by atoms with Gasteiger partial charge in [-0.25, -0.2) is 8.42 Å². The van der Waals surface area contributed by atoms with Crippen LogP contribution in [0, 0.1) is 0 Å². The van der Waals surface area contributed by atoms with E-state index in [4.69, 9.17) is 5.73 Å². The van der Waals surface area contributed by atoms with E-state index in [9.17, 15) is 13.2 Å². The van der Waals surface area contributed by atoms with E-state index >= 15 is 0 Å². The standard InChI is InChI=1S/C12H18N2O3S2/c1-2-14(9-5-7-19(16,17)8-9)12(15)11(13)10-4-3-6-18-10/h3-4,6,9,11H,2,5,7-8,13H2,1H3. The summed E-state index contributed by atoms with van der Waals surface area (Å²) >= 11 is 1.44. The number of likely N-dealkylation sites (N-methyl/N-ethyl adjacent to an activating group) is 1. The lowest BCUT2D eigenvalue weighted by atomic mass is 10.1. The molecule has 2 heterocycles. The fraction of sp³-hybridized carbons (Fsp3) is 0.583. The van der Waals surface area contributed by atoms with Crippen molar-refractivity contribution in [3.63, 3.8) is 0 Å². The molecule has 0 saturated carbocycles. The van der Waals surface area contributed by atoms with Crippen LogP contribution in [-0.2, 0) is 14.6 Å². The molecule has 0 aliphatic carbocycles. The zero-order valence-corrected chi connectivity index (χ0v) is 12.4. The topological polar surface area (TPSA) is 80.5 Å². The summed E-state index contributed by atoms with van der Waals surface area (Å²) in [5.74, 6) is 0.0337. The Morgan fingerprint density at radius 2 is 2.37 bits per heavy atom. The van der Waals surface area contributed by atoms with Crippen molar-refractivity contribution in [2.45, 2.75) is 25.4 Å². The number of thiophene rings is 1. The van der Waals surface area contributed by atoms with Gasteiger partial charge in [-0.3, -0.25) is 4.79 Å². The molecule has 1 aromatic heterocycles. The van der Waals surface area contributed by atoms with Gasteiger partial charge in [0.2, 0.25) is 5.91 Å². The second-order valence-electron chi connectivity index (χ2n) is 4.67. The van der Waals surface area contributed by atoms with Crippen LogP contribution in [0.25, 0.3) is 0 Å². The lowest BCUT2D eigenvalue weighted by Gasteiger charge is -2.29. The molecule has 1 aliphatic heterocycles. The number of amides is 1. The van der Waals surface area contributed by atoms with Gasteiger partial charge in [0.25, 0.3) is 0 Å². The Morgan fingerprint density at radius 1 is 1.63 bits per heavy atom. The number of nitrogens with zero attached hydrogens (tertiary/aromatic N) is 1. The highest BCUT2D eigenvalue weighted by atomic mass is 32.2. The van der Waals surface area contributed by atoms with Crippen LogP contribution in [0.1, 0.15) is 24.3 Å². The average molecular weight is 302 g/mol. The van der Waals surface area contributed by atoms with E-state index in [1.165, 1.54) is 11.3 Å². The Balaban J connectivity index is 2.12. The van der Waals surface area contributed by atoms with Crippen molar-refractivity contribution in [2.75, 3.05) is 18.1 Å². The molecule has 2 atom stereocenters. The van der Waals surface area contributed by atoms with Crippen LogP contribution in [0.15, 0.2) is 17.5 Å². The van der Waals surface area contributed by atoms with Gasteiger partial charge >= 0.3 is 0 Å². The quantitative estimate of drug-likeness (QED) is 0.891. The van der Waals surface area contributed by atoms with E-state index in [0.29, 0.717) is 13.0 Å². The lowest BCUT2D eigenvalue weighted by molar-refractivity contribution is -0.134. The number of nitrogens with two attached hydrogens (primary N) is 1. The zero-order chi connectivity index (χ0) is 14.0. The summed E-state index contributed by atoms with van der Waals surface area (Å²) in [5, 5.41) is 1.87. The van der Waals surface area contributed by atoms with E-state index in [0.717, 1.165) is 4.88 Å². The fourth-order valence-electron chi connectivity index (χ4n) is 2.38. The number of sulfone groups is 1. The highest BCUT2D eigenvalue weighted by Gasteiger charge is 2.35. The van der Waals surface area contributed by atoms with Crippen molar-refractivity contribution in [3.8, 4) is 0 Å². The summed E-state index contributed by atoms with van der Waals surface area (Å²) in [7, 11) is -3.00. The van der Waals surface area contributed by atoms with E-state index < -0.39 is 15.9 Å². The molecule has 106 valence electrons. The van der Waals surface area contributed by atoms with Crippen LogP contribution < -0.4 is 5.73 Å². The van der Waals surface area contributed by atoms with Gasteiger partial charge in [0.05, 0.1) is 11.5 Å². The molecule has 0 aromatic carbocycles. The Kier molecular flexibility index (Phi) is 4.27. The fourth-order valence-corrected chi connectivity index (χ4v) is 4.83. The maximum Gasteiger partial charge on any atom is 0.245 e. The third-order valence-corrected chi connectivity index (χ3v) is 6.09. The molecule has 19 heavy (non-hydrogen) atoms. The van der Waals surface area contributed by atoms with Crippen molar-refractivity contribution < 1.29 is 13.2 Å². The molecule has 1 fully saturated rings. The van der Waals surface area contributed by atoms with Crippen molar-refractivity contribution in [3.05, 3.63) is 22.4 Å². The Hall–Kier alpha value is -0.920. The Morgan fingerprint density at radius 3 is 2.84 bits per heavy atom. The zero-order valence-electron chi connectivity index (χ0n) is 10.8. The smallest absolute Gasteiger partial charge is 0.245 e. The summed E-state index contributed by atoms with van der Waals surface area (Å²) in [6.45, 7) is 2.34. The monoisotopic (exact) mass is 302 g/mol. The van der Waals surface area contributed by atoms with Crippen molar-refractivity contribution >= 4 is 27.1 Å². The lowest BCUT2D eigenvalue weighted by Crippen LogP contribution is -2.45. The first kappa shape index (κ1) is 14.5. The summed E-state index contributed by atoms with van der Waals surface area (Å²) in [6, 6.07) is 2.76. The van der Waals surface area contributed by atoms with Crippen LogP contribution in [-0.4, -0.2) is 43.3 Å². The van der Waals surface area contributed by atoms with Crippen LogP contribution in [0.5, 0.6) is 0 Å². The van der Waals surface area contributed by atoms with Crippen molar-refractivity contribution in [2.24, 2.45) is 5.73 Å². The Labute approximate surface area is 117 Å². The second kappa shape index (κ2) is 5.60. The van der Waals surface area contributed by atoms with E-state index in [2.05, 4.69) is 0 Å². The third-order valence-electron chi connectivity index (χ3n) is 3.39. The highest BCUT2D eigenvalue weighted by molar-refractivity contribution is 7.91.